The van der Waals surface area contributed by atoms with Gasteiger partial charge >= 0.3 is 6.18 Å². The van der Waals surface area contributed by atoms with Crippen molar-refractivity contribution < 1.29 is 18.3 Å². The van der Waals surface area contributed by atoms with Gasteiger partial charge in [-0.1, -0.05) is 12.1 Å². The number of aromatic nitrogens is 1. The number of pyridine rings is 1. The zero-order valence-corrected chi connectivity index (χ0v) is 8.83. The number of phenols is 1. The Hall–Kier alpha value is -1.78. The number of phenolic OH excluding ortho intramolecular Hbond substituents is 1. The molecule has 17 heavy (non-hydrogen) atoms. The van der Waals surface area contributed by atoms with E-state index in [4.69, 9.17) is 0 Å². The van der Waals surface area contributed by atoms with Crippen molar-refractivity contribution in [2.24, 2.45) is 0 Å². The summed E-state index contributed by atoms with van der Waals surface area (Å²) in [6.45, 7) is 0. The summed E-state index contributed by atoms with van der Waals surface area (Å²) in [6.07, 6.45) is -3.66. The van der Waals surface area contributed by atoms with Gasteiger partial charge in [0, 0.05) is 18.0 Å². The van der Waals surface area contributed by atoms with Crippen LogP contribution in [0.15, 0.2) is 30.5 Å². The van der Waals surface area contributed by atoms with Crippen LogP contribution >= 0.6 is 0 Å². The zero-order chi connectivity index (χ0) is 12.5. The Morgan fingerprint density at radius 1 is 1.18 bits per heavy atom. The second-order valence-corrected chi connectivity index (χ2v) is 3.76. The van der Waals surface area contributed by atoms with Gasteiger partial charge in [-0.25, -0.2) is 0 Å². The van der Waals surface area contributed by atoms with E-state index in [0.29, 0.717) is 16.5 Å². The van der Waals surface area contributed by atoms with Gasteiger partial charge < -0.3 is 5.11 Å². The lowest BCUT2D eigenvalue weighted by Crippen LogP contribution is -2.08. The van der Waals surface area contributed by atoms with E-state index in [1.807, 2.05) is 0 Å². The van der Waals surface area contributed by atoms with E-state index < -0.39 is 12.6 Å². The molecule has 1 heterocycles. The number of aromatic hydroxyl groups is 1. The van der Waals surface area contributed by atoms with Crippen LogP contribution in [-0.2, 0) is 6.42 Å². The average Bonchev–Trinajstić information content (AvgIpc) is 2.27. The molecule has 0 spiro atoms. The van der Waals surface area contributed by atoms with Gasteiger partial charge in [-0.05, 0) is 24.1 Å². The van der Waals surface area contributed by atoms with Crippen LogP contribution in [0.2, 0.25) is 0 Å². The maximum atomic E-state index is 12.2. The van der Waals surface area contributed by atoms with Crippen molar-refractivity contribution >= 4 is 10.9 Å². The van der Waals surface area contributed by atoms with Gasteiger partial charge in [-0.3, -0.25) is 4.98 Å². The van der Waals surface area contributed by atoms with Crippen LogP contribution in [0.25, 0.3) is 10.9 Å². The van der Waals surface area contributed by atoms with Crippen LogP contribution in [-0.4, -0.2) is 16.3 Å². The Morgan fingerprint density at radius 3 is 2.65 bits per heavy atom. The number of fused-ring (bicyclic) bond motifs is 1. The number of nitrogens with zero attached hydrogens (tertiary/aromatic N) is 1. The SMILES string of the molecule is Oc1ccc(CCC(F)(F)F)c2cccnc12. The maximum Gasteiger partial charge on any atom is 0.389 e. The minimum atomic E-state index is -4.17. The molecule has 0 bridgehead atoms. The molecule has 5 heteroatoms. The predicted molar refractivity (Wildman–Crippen MR) is 57.8 cm³/mol. The fraction of sp³-hybridized carbons (Fsp3) is 0.250. The Labute approximate surface area is 95.7 Å². The number of rotatable bonds is 2. The molecule has 0 aliphatic rings. The summed E-state index contributed by atoms with van der Waals surface area (Å²) in [5, 5.41) is 10.1. The van der Waals surface area contributed by atoms with Crippen LogP contribution in [0, 0.1) is 0 Å². The fourth-order valence-corrected chi connectivity index (χ4v) is 1.71. The van der Waals surface area contributed by atoms with Crippen molar-refractivity contribution in [3.05, 3.63) is 36.0 Å². The number of alkyl halides is 3. The van der Waals surface area contributed by atoms with Crippen molar-refractivity contribution in [2.75, 3.05) is 0 Å². The molecule has 0 aliphatic carbocycles. The highest BCUT2D eigenvalue weighted by atomic mass is 19.4. The van der Waals surface area contributed by atoms with Crippen LogP contribution in [0.1, 0.15) is 12.0 Å². The lowest BCUT2D eigenvalue weighted by Gasteiger charge is -2.09. The summed E-state index contributed by atoms with van der Waals surface area (Å²) in [4.78, 5) is 3.95. The minimum Gasteiger partial charge on any atom is -0.506 e. The average molecular weight is 241 g/mol. The normalized spacial score (nSPS) is 11.9. The van der Waals surface area contributed by atoms with Crippen molar-refractivity contribution in [3.8, 4) is 5.75 Å². The Bertz CT molecular complexity index is 537. The summed E-state index contributed by atoms with van der Waals surface area (Å²) in [5.74, 6) is -0.0173. The standard InChI is InChI=1S/C12H10F3NO/c13-12(14,15)6-5-8-3-4-10(17)11-9(8)2-1-7-16-11/h1-4,7,17H,5-6H2. The van der Waals surface area contributed by atoms with Crippen molar-refractivity contribution in [2.45, 2.75) is 19.0 Å². The molecule has 2 aromatic rings. The molecule has 90 valence electrons. The van der Waals surface area contributed by atoms with Crippen LogP contribution < -0.4 is 0 Å². The van der Waals surface area contributed by atoms with Gasteiger partial charge in [-0.2, -0.15) is 13.2 Å². The van der Waals surface area contributed by atoms with E-state index in [1.165, 1.54) is 18.3 Å². The topological polar surface area (TPSA) is 33.1 Å². The summed E-state index contributed by atoms with van der Waals surface area (Å²) in [6, 6.07) is 6.18. The first-order valence-corrected chi connectivity index (χ1v) is 5.10. The molecule has 0 radical (unpaired) electrons. The number of hydrogen-bond acceptors (Lipinski definition) is 2. The molecule has 2 nitrogen and oxygen atoms in total. The second kappa shape index (κ2) is 4.24. The smallest absolute Gasteiger partial charge is 0.389 e. The molecule has 0 fully saturated rings. The van der Waals surface area contributed by atoms with Gasteiger partial charge in [0.1, 0.15) is 11.3 Å². The number of halogens is 3. The van der Waals surface area contributed by atoms with Gasteiger partial charge in [-0.15, -0.1) is 0 Å². The van der Waals surface area contributed by atoms with Crippen LogP contribution in [0.4, 0.5) is 13.2 Å². The number of hydrogen-bond donors (Lipinski definition) is 1. The molecule has 0 aliphatic heterocycles. The highest BCUT2D eigenvalue weighted by molar-refractivity contribution is 5.87. The third-order valence-electron chi connectivity index (χ3n) is 2.52. The van der Waals surface area contributed by atoms with Crippen molar-refractivity contribution in [1.82, 2.24) is 4.98 Å². The van der Waals surface area contributed by atoms with Crippen LogP contribution in [0.3, 0.4) is 0 Å². The highest BCUT2D eigenvalue weighted by Gasteiger charge is 2.26. The van der Waals surface area contributed by atoms with Gasteiger partial charge in [0.2, 0.25) is 0 Å². The minimum absolute atomic E-state index is 0.0173. The molecule has 1 aromatic heterocycles. The second-order valence-electron chi connectivity index (χ2n) is 3.76. The molecule has 0 saturated carbocycles. The molecule has 0 saturated heterocycles. The lowest BCUT2D eigenvalue weighted by atomic mass is 10.0. The van der Waals surface area contributed by atoms with E-state index >= 15 is 0 Å². The Kier molecular flexibility index (Phi) is 2.92. The Balaban J connectivity index is 2.38. The lowest BCUT2D eigenvalue weighted by molar-refractivity contribution is -0.133. The largest absolute Gasteiger partial charge is 0.506 e. The zero-order valence-electron chi connectivity index (χ0n) is 8.83. The van der Waals surface area contributed by atoms with E-state index in [-0.39, 0.29) is 12.2 Å². The molecular formula is C12H10F3NO. The summed E-state index contributed by atoms with van der Waals surface area (Å²) < 4.78 is 36.5. The fourth-order valence-electron chi connectivity index (χ4n) is 1.71. The monoisotopic (exact) mass is 241 g/mol. The predicted octanol–water partition coefficient (Wildman–Crippen LogP) is 3.44. The first kappa shape index (κ1) is 11.7. The molecule has 2 rings (SSSR count). The molecule has 0 unspecified atom stereocenters. The Morgan fingerprint density at radius 2 is 1.94 bits per heavy atom. The third-order valence-corrected chi connectivity index (χ3v) is 2.52. The number of aryl methyl sites for hydroxylation is 1. The molecule has 1 aromatic carbocycles. The van der Waals surface area contributed by atoms with Gasteiger partial charge in [0.05, 0.1) is 0 Å². The van der Waals surface area contributed by atoms with Crippen LogP contribution in [0.5, 0.6) is 5.75 Å². The van der Waals surface area contributed by atoms with E-state index in [9.17, 15) is 18.3 Å². The summed E-state index contributed by atoms with van der Waals surface area (Å²) in [5.41, 5.74) is 0.885. The number of benzene rings is 1. The quantitative estimate of drug-likeness (QED) is 0.873. The first-order chi connectivity index (χ1) is 7.97. The van der Waals surface area contributed by atoms with E-state index in [2.05, 4.69) is 4.98 Å². The molecule has 1 N–H and O–H groups in total. The van der Waals surface area contributed by atoms with Crippen molar-refractivity contribution in [1.29, 1.82) is 0 Å². The molecular weight excluding hydrogens is 231 g/mol. The van der Waals surface area contributed by atoms with E-state index in [1.54, 1.807) is 12.1 Å². The summed E-state index contributed by atoms with van der Waals surface area (Å²) >= 11 is 0. The van der Waals surface area contributed by atoms with E-state index in [0.717, 1.165) is 0 Å². The third kappa shape index (κ3) is 2.67. The van der Waals surface area contributed by atoms with Gasteiger partial charge in [0.15, 0.2) is 0 Å². The highest BCUT2D eigenvalue weighted by Crippen LogP contribution is 2.29. The molecule has 0 amide bonds. The molecule has 0 atom stereocenters. The summed E-state index contributed by atoms with van der Waals surface area (Å²) in [7, 11) is 0. The van der Waals surface area contributed by atoms with Gasteiger partial charge in [0.25, 0.3) is 0 Å². The van der Waals surface area contributed by atoms with Crippen molar-refractivity contribution in [3.63, 3.8) is 0 Å². The first-order valence-electron chi connectivity index (χ1n) is 5.10. The maximum absolute atomic E-state index is 12.2.